The maximum atomic E-state index is 11.9. The summed E-state index contributed by atoms with van der Waals surface area (Å²) in [5.74, 6) is 1.12. The molecule has 0 bridgehead atoms. The highest BCUT2D eigenvalue weighted by molar-refractivity contribution is 5.99. The van der Waals surface area contributed by atoms with E-state index < -0.39 is 0 Å². The van der Waals surface area contributed by atoms with E-state index in [1.165, 1.54) is 0 Å². The van der Waals surface area contributed by atoms with Crippen LogP contribution in [0.15, 0.2) is 11.6 Å². The highest BCUT2D eigenvalue weighted by Crippen LogP contribution is 2.27. The van der Waals surface area contributed by atoms with E-state index in [0.29, 0.717) is 11.7 Å². The van der Waals surface area contributed by atoms with E-state index in [0.717, 1.165) is 25.0 Å². The molecular weight excluding hydrogens is 210 g/mol. The highest BCUT2D eigenvalue weighted by Gasteiger charge is 2.29. The summed E-state index contributed by atoms with van der Waals surface area (Å²) < 4.78 is 0. The molecule has 2 nitrogen and oxygen atoms in total. The predicted molar refractivity (Wildman–Crippen MR) is 66.5 cm³/mol. The van der Waals surface area contributed by atoms with Crippen LogP contribution < -0.4 is 0 Å². The van der Waals surface area contributed by atoms with Crippen molar-refractivity contribution in [3.8, 4) is 0 Å². The lowest BCUT2D eigenvalue weighted by atomic mass is 10.0. The molecule has 0 aromatic heterocycles. The van der Waals surface area contributed by atoms with Gasteiger partial charge >= 0.3 is 0 Å². The molecule has 1 rings (SSSR count). The first-order chi connectivity index (χ1) is 6.50. The average molecular weight is 232 g/mol. The first-order valence-corrected chi connectivity index (χ1v) is 5.40. The summed E-state index contributed by atoms with van der Waals surface area (Å²) in [7, 11) is 4.05. The minimum absolute atomic E-state index is 0. The van der Waals surface area contributed by atoms with Crippen LogP contribution in [0.25, 0.3) is 0 Å². The van der Waals surface area contributed by atoms with Gasteiger partial charge in [-0.2, -0.15) is 0 Å². The van der Waals surface area contributed by atoms with Crippen LogP contribution in [0.2, 0.25) is 0 Å². The van der Waals surface area contributed by atoms with Gasteiger partial charge < -0.3 is 4.90 Å². The van der Waals surface area contributed by atoms with Gasteiger partial charge in [0.05, 0.1) is 0 Å². The highest BCUT2D eigenvalue weighted by atomic mass is 35.5. The topological polar surface area (TPSA) is 20.3 Å². The number of ketones is 1. The van der Waals surface area contributed by atoms with Crippen molar-refractivity contribution in [1.82, 2.24) is 4.90 Å². The zero-order valence-electron chi connectivity index (χ0n) is 10.1. The Kier molecular flexibility index (Phi) is 6.15. The lowest BCUT2D eigenvalue weighted by Crippen LogP contribution is -2.24. The SMILES string of the molecule is CC(C)C=C1CCC(CN(C)C)C1=O.Cl. The minimum Gasteiger partial charge on any atom is -0.309 e. The molecule has 15 heavy (non-hydrogen) atoms. The normalized spacial score (nSPS) is 24.0. The van der Waals surface area contributed by atoms with Crippen LogP contribution in [0.3, 0.4) is 0 Å². The molecule has 0 aliphatic heterocycles. The second kappa shape index (κ2) is 6.29. The molecule has 0 aromatic carbocycles. The third-order valence-corrected chi connectivity index (χ3v) is 2.57. The molecule has 88 valence electrons. The molecule has 0 spiro atoms. The lowest BCUT2D eigenvalue weighted by molar-refractivity contribution is -0.118. The number of allylic oxidation sites excluding steroid dienone is 2. The maximum Gasteiger partial charge on any atom is 0.162 e. The van der Waals surface area contributed by atoms with Crippen molar-refractivity contribution in [3.05, 3.63) is 11.6 Å². The fraction of sp³-hybridized carbons (Fsp3) is 0.750. The van der Waals surface area contributed by atoms with Crippen LogP contribution in [-0.2, 0) is 4.79 Å². The van der Waals surface area contributed by atoms with Gasteiger partial charge in [0.2, 0.25) is 0 Å². The number of hydrogen-bond donors (Lipinski definition) is 0. The standard InChI is InChI=1S/C12H21NO.ClH/c1-9(2)7-10-5-6-11(12(10)14)8-13(3)4;/h7,9,11H,5-6,8H2,1-4H3;1H. The van der Waals surface area contributed by atoms with Crippen molar-refractivity contribution in [1.29, 1.82) is 0 Å². The Balaban J connectivity index is 0.00000196. The lowest BCUT2D eigenvalue weighted by Gasteiger charge is -2.13. The van der Waals surface area contributed by atoms with Gasteiger partial charge in [-0.1, -0.05) is 19.9 Å². The van der Waals surface area contributed by atoms with Crippen LogP contribution in [0.5, 0.6) is 0 Å². The van der Waals surface area contributed by atoms with E-state index in [9.17, 15) is 4.79 Å². The molecule has 1 atom stereocenters. The second-order valence-electron chi connectivity index (χ2n) is 4.80. The van der Waals surface area contributed by atoms with Gasteiger partial charge in [0.25, 0.3) is 0 Å². The van der Waals surface area contributed by atoms with E-state index in [1.54, 1.807) is 0 Å². The Morgan fingerprint density at radius 3 is 2.53 bits per heavy atom. The number of nitrogens with zero attached hydrogens (tertiary/aromatic N) is 1. The van der Waals surface area contributed by atoms with E-state index in [-0.39, 0.29) is 18.3 Å². The molecule has 0 heterocycles. The minimum atomic E-state index is 0. The average Bonchev–Trinajstić information content (AvgIpc) is 2.34. The number of carbonyl (C=O) groups excluding carboxylic acids is 1. The summed E-state index contributed by atoms with van der Waals surface area (Å²) in [5, 5.41) is 0. The van der Waals surface area contributed by atoms with Crippen LogP contribution in [-0.4, -0.2) is 31.3 Å². The number of Topliss-reactive ketones (excluding diaryl/α,β-unsaturated/α-hetero) is 1. The monoisotopic (exact) mass is 231 g/mol. The molecule has 1 aliphatic carbocycles. The smallest absolute Gasteiger partial charge is 0.162 e. The summed E-state index contributed by atoms with van der Waals surface area (Å²) in [5.41, 5.74) is 1.06. The van der Waals surface area contributed by atoms with Gasteiger partial charge in [-0.3, -0.25) is 4.79 Å². The van der Waals surface area contributed by atoms with E-state index in [2.05, 4.69) is 24.8 Å². The van der Waals surface area contributed by atoms with Crippen LogP contribution in [0.4, 0.5) is 0 Å². The Bertz CT molecular complexity index is 246. The zero-order valence-corrected chi connectivity index (χ0v) is 10.9. The van der Waals surface area contributed by atoms with E-state index in [1.807, 2.05) is 14.1 Å². The second-order valence-corrected chi connectivity index (χ2v) is 4.80. The molecule has 1 aliphatic rings. The van der Waals surface area contributed by atoms with E-state index >= 15 is 0 Å². The summed E-state index contributed by atoms with van der Waals surface area (Å²) in [6.45, 7) is 5.15. The number of halogens is 1. The van der Waals surface area contributed by atoms with Crippen molar-refractivity contribution in [2.75, 3.05) is 20.6 Å². The number of carbonyl (C=O) groups is 1. The third kappa shape index (κ3) is 4.35. The number of rotatable bonds is 3. The Morgan fingerprint density at radius 2 is 2.07 bits per heavy atom. The molecule has 1 unspecified atom stereocenters. The fourth-order valence-electron chi connectivity index (χ4n) is 2.03. The zero-order chi connectivity index (χ0) is 10.7. The van der Waals surface area contributed by atoms with Crippen molar-refractivity contribution in [2.24, 2.45) is 11.8 Å². The van der Waals surface area contributed by atoms with Crippen molar-refractivity contribution >= 4 is 18.2 Å². The molecule has 1 fully saturated rings. The maximum absolute atomic E-state index is 11.9. The van der Waals surface area contributed by atoms with E-state index in [4.69, 9.17) is 0 Å². The van der Waals surface area contributed by atoms with Gasteiger partial charge in [-0.15, -0.1) is 12.4 Å². The first kappa shape index (κ1) is 14.7. The van der Waals surface area contributed by atoms with Crippen LogP contribution in [0, 0.1) is 11.8 Å². The van der Waals surface area contributed by atoms with Crippen molar-refractivity contribution < 1.29 is 4.79 Å². The summed E-state index contributed by atoms with van der Waals surface area (Å²) in [4.78, 5) is 14.0. The quantitative estimate of drug-likeness (QED) is 0.696. The molecule has 0 amide bonds. The fourth-order valence-corrected chi connectivity index (χ4v) is 2.03. The molecule has 0 radical (unpaired) electrons. The van der Waals surface area contributed by atoms with Gasteiger partial charge in [0.1, 0.15) is 0 Å². The Labute approximate surface area is 99.1 Å². The Morgan fingerprint density at radius 1 is 1.47 bits per heavy atom. The number of hydrogen-bond acceptors (Lipinski definition) is 2. The van der Waals surface area contributed by atoms with Gasteiger partial charge in [0.15, 0.2) is 5.78 Å². The molecule has 3 heteroatoms. The molecule has 0 aromatic rings. The summed E-state index contributed by atoms with van der Waals surface area (Å²) >= 11 is 0. The molecule has 0 saturated heterocycles. The predicted octanol–water partition coefficient (Wildman–Crippen LogP) is 2.53. The van der Waals surface area contributed by atoms with Gasteiger partial charge in [-0.25, -0.2) is 0 Å². The van der Waals surface area contributed by atoms with Crippen molar-refractivity contribution in [2.45, 2.75) is 26.7 Å². The van der Waals surface area contributed by atoms with Crippen LogP contribution >= 0.6 is 12.4 Å². The third-order valence-electron chi connectivity index (χ3n) is 2.57. The molecule has 1 saturated carbocycles. The molecule has 0 N–H and O–H groups in total. The summed E-state index contributed by atoms with van der Waals surface area (Å²) in [6.07, 6.45) is 4.14. The van der Waals surface area contributed by atoms with Gasteiger partial charge in [-0.05, 0) is 38.4 Å². The first-order valence-electron chi connectivity index (χ1n) is 5.40. The largest absolute Gasteiger partial charge is 0.309 e. The summed E-state index contributed by atoms with van der Waals surface area (Å²) in [6, 6.07) is 0. The Hall–Kier alpha value is -0.340. The van der Waals surface area contributed by atoms with Gasteiger partial charge in [0, 0.05) is 12.5 Å². The molecular formula is C12H22ClNO. The van der Waals surface area contributed by atoms with Crippen LogP contribution in [0.1, 0.15) is 26.7 Å². The van der Waals surface area contributed by atoms with Crippen molar-refractivity contribution in [3.63, 3.8) is 0 Å².